The summed E-state index contributed by atoms with van der Waals surface area (Å²) in [5.41, 5.74) is 5.14. The lowest BCUT2D eigenvalue weighted by atomic mass is 10.2. The Balaban J connectivity index is 1.92. The number of carbonyl (C=O) groups is 2. The molecule has 0 aliphatic carbocycles. The highest BCUT2D eigenvalue weighted by Gasteiger charge is 2.11. The molecule has 2 aromatic rings. The van der Waals surface area contributed by atoms with Gasteiger partial charge in [-0.25, -0.2) is 5.43 Å². The van der Waals surface area contributed by atoms with Crippen molar-refractivity contribution in [2.75, 3.05) is 26.9 Å². The number of nitrogens with zero attached hydrogens (tertiary/aromatic N) is 1. The maximum atomic E-state index is 11.7. The van der Waals surface area contributed by atoms with Gasteiger partial charge in [-0.1, -0.05) is 29.8 Å². The Labute approximate surface area is 182 Å². The van der Waals surface area contributed by atoms with Gasteiger partial charge in [0.15, 0.2) is 11.5 Å². The Morgan fingerprint density at radius 1 is 1.03 bits per heavy atom. The average molecular weight is 428 g/mol. The van der Waals surface area contributed by atoms with E-state index in [0.29, 0.717) is 49.8 Å². The van der Waals surface area contributed by atoms with Crippen LogP contribution in [0.1, 0.15) is 30.0 Å². The molecule has 0 aromatic heterocycles. The summed E-state index contributed by atoms with van der Waals surface area (Å²) < 4.78 is 16.4. The van der Waals surface area contributed by atoms with Gasteiger partial charge in [0.25, 0.3) is 0 Å². The van der Waals surface area contributed by atoms with E-state index in [2.05, 4.69) is 15.8 Å². The number of ether oxygens (including phenoxy) is 3. The number of hydrazone groups is 1. The maximum Gasteiger partial charge on any atom is 0.329 e. The molecule has 0 bridgehead atoms. The highest BCUT2D eigenvalue weighted by molar-refractivity contribution is 6.35. The molecule has 0 heterocycles. The van der Waals surface area contributed by atoms with E-state index in [0.717, 1.165) is 5.56 Å². The summed E-state index contributed by atoms with van der Waals surface area (Å²) in [6.45, 7) is 5.68. The summed E-state index contributed by atoms with van der Waals surface area (Å²) in [7, 11) is 1.57. The molecule has 31 heavy (non-hydrogen) atoms. The Morgan fingerprint density at radius 2 is 1.81 bits per heavy atom. The molecule has 0 fully saturated rings. The number of hydrogen-bond donors (Lipinski definition) is 2. The predicted molar refractivity (Wildman–Crippen MR) is 118 cm³/mol. The summed E-state index contributed by atoms with van der Waals surface area (Å²) in [6, 6.07) is 13.4. The predicted octanol–water partition coefficient (Wildman–Crippen LogP) is 2.58. The first-order valence-electron chi connectivity index (χ1n) is 10.1. The molecule has 0 aliphatic rings. The number of amides is 2. The smallest absolute Gasteiger partial charge is 0.329 e. The monoisotopic (exact) mass is 427 g/mol. The molecule has 8 nitrogen and oxygen atoms in total. The van der Waals surface area contributed by atoms with Crippen molar-refractivity contribution in [2.24, 2.45) is 5.10 Å². The van der Waals surface area contributed by atoms with Gasteiger partial charge < -0.3 is 19.5 Å². The topological polar surface area (TPSA) is 98.2 Å². The minimum atomic E-state index is -0.836. The van der Waals surface area contributed by atoms with E-state index >= 15 is 0 Å². The minimum absolute atomic E-state index is 0.353. The summed E-state index contributed by atoms with van der Waals surface area (Å²) in [5, 5.41) is 6.32. The molecule has 0 atom stereocenters. The van der Waals surface area contributed by atoms with Gasteiger partial charge in [-0.05, 0) is 49.6 Å². The third kappa shape index (κ3) is 8.47. The fraction of sp³-hybridized carbons (Fsp3) is 0.348. The normalized spacial score (nSPS) is 10.7. The summed E-state index contributed by atoms with van der Waals surface area (Å²) >= 11 is 0. The standard InChI is InChI=1S/C23H29N3O5/c1-4-30-21-14-19(15-25-26-23(28)22(27)24-12-5-13-29-3)10-11-20(21)31-16-18-8-6-17(2)7-9-18/h6-11,14-15H,4-5,12-13,16H2,1-3H3,(H,24,27)(H,26,28)/b25-15-. The molecule has 0 saturated heterocycles. The van der Waals surface area contributed by atoms with E-state index < -0.39 is 11.8 Å². The number of benzene rings is 2. The molecule has 0 saturated carbocycles. The molecule has 2 amide bonds. The molecule has 8 heteroatoms. The Bertz CT molecular complexity index is 881. The summed E-state index contributed by atoms with van der Waals surface area (Å²) in [5.74, 6) is -0.403. The quantitative estimate of drug-likeness (QED) is 0.249. The molecule has 0 unspecified atom stereocenters. The van der Waals surface area contributed by atoms with E-state index in [1.165, 1.54) is 11.8 Å². The van der Waals surface area contributed by atoms with Crippen LogP contribution in [-0.2, 0) is 20.9 Å². The van der Waals surface area contributed by atoms with Crippen molar-refractivity contribution in [1.82, 2.24) is 10.7 Å². The molecule has 0 aliphatic heterocycles. The fourth-order valence-electron chi connectivity index (χ4n) is 2.55. The van der Waals surface area contributed by atoms with Crippen molar-refractivity contribution < 1.29 is 23.8 Å². The van der Waals surface area contributed by atoms with Crippen LogP contribution in [0.15, 0.2) is 47.6 Å². The zero-order valence-corrected chi connectivity index (χ0v) is 18.1. The first-order valence-corrected chi connectivity index (χ1v) is 10.1. The van der Waals surface area contributed by atoms with E-state index in [9.17, 15) is 9.59 Å². The van der Waals surface area contributed by atoms with Crippen LogP contribution in [-0.4, -0.2) is 44.9 Å². The van der Waals surface area contributed by atoms with Crippen molar-refractivity contribution >= 4 is 18.0 Å². The zero-order valence-electron chi connectivity index (χ0n) is 18.1. The van der Waals surface area contributed by atoms with Crippen molar-refractivity contribution in [3.8, 4) is 11.5 Å². The van der Waals surface area contributed by atoms with Gasteiger partial charge in [-0.2, -0.15) is 5.10 Å². The minimum Gasteiger partial charge on any atom is -0.490 e. The van der Waals surface area contributed by atoms with Gasteiger partial charge in [0.05, 0.1) is 12.8 Å². The van der Waals surface area contributed by atoms with Gasteiger partial charge in [0.1, 0.15) is 6.61 Å². The second kappa shape index (κ2) is 13.0. The van der Waals surface area contributed by atoms with Gasteiger partial charge >= 0.3 is 11.8 Å². The Kier molecular flexibility index (Phi) is 10.0. The van der Waals surface area contributed by atoms with Crippen LogP contribution in [0.5, 0.6) is 11.5 Å². The van der Waals surface area contributed by atoms with E-state index in [4.69, 9.17) is 14.2 Å². The lowest BCUT2D eigenvalue weighted by molar-refractivity contribution is -0.139. The summed E-state index contributed by atoms with van der Waals surface area (Å²) in [6.07, 6.45) is 2.06. The third-order valence-corrected chi connectivity index (χ3v) is 4.18. The van der Waals surface area contributed by atoms with Crippen molar-refractivity contribution in [3.05, 3.63) is 59.2 Å². The van der Waals surface area contributed by atoms with Gasteiger partial charge in [-0.15, -0.1) is 0 Å². The molecular formula is C23H29N3O5. The third-order valence-electron chi connectivity index (χ3n) is 4.18. The first-order chi connectivity index (χ1) is 15.0. The van der Waals surface area contributed by atoms with Crippen LogP contribution in [0, 0.1) is 6.92 Å². The van der Waals surface area contributed by atoms with Crippen LogP contribution >= 0.6 is 0 Å². The van der Waals surface area contributed by atoms with Crippen molar-refractivity contribution in [2.45, 2.75) is 26.9 Å². The van der Waals surface area contributed by atoms with E-state index in [1.54, 1.807) is 25.3 Å². The number of rotatable bonds is 11. The van der Waals surface area contributed by atoms with E-state index in [1.807, 2.05) is 38.1 Å². The number of carbonyl (C=O) groups excluding carboxylic acids is 2. The highest BCUT2D eigenvalue weighted by atomic mass is 16.5. The van der Waals surface area contributed by atoms with Crippen LogP contribution in [0.3, 0.4) is 0 Å². The van der Waals surface area contributed by atoms with Crippen LogP contribution in [0.25, 0.3) is 0 Å². The Hall–Kier alpha value is -3.39. The zero-order chi connectivity index (χ0) is 22.5. The average Bonchev–Trinajstić information content (AvgIpc) is 2.77. The van der Waals surface area contributed by atoms with Gasteiger partial charge in [0.2, 0.25) is 0 Å². The van der Waals surface area contributed by atoms with Gasteiger partial charge in [0, 0.05) is 20.3 Å². The number of nitrogens with one attached hydrogen (secondary N) is 2. The molecule has 2 aromatic carbocycles. The first kappa shape index (κ1) is 23.9. The summed E-state index contributed by atoms with van der Waals surface area (Å²) in [4.78, 5) is 23.4. The molecule has 0 spiro atoms. The fourth-order valence-corrected chi connectivity index (χ4v) is 2.55. The van der Waals surface area contributed by atoms with Gasteiger partial charge in [-0.3, -0.25) is 9.59 Å². The van der Waals surface area contributed by atoms with Crippen LogP contribution in [0.2, 0.25) is 0 Å². The molecule has 0 radical (unpaired) electrons. The van der Waals surface area contributed by atoms with Crippen molar-refractivity contribution in [3.63, 3.8) is 0 Å². The molecule has 2 N–H and O–H groups in total. The second-order valence-corrected chi connectivity index (χ2v) is 6.71. The maximum absolute atomic E-state index is 11.7. The highest BCUT2D eigenvalue weighted by Crippen LogP contribution is 2.29. The van der Waals surface area contributed by atoms with Crippen LogP contribution < -0.4 is 20.2 Å². The lowest BCUT2D eigenvalue weighted by Crippen LogP contribution is -2.38. The lowest BCUT2D eigenvalue weighted by Gasteiger charge is -2.12. The molecule has 2 rings (SSSR count). The molecular weight excluding hydrogens is 398 g/mol. The van der Waals surface area contributed by atoms with Crippen LogP contribution in [0.4, 0.5) is 0 Å². The van der Waals surface area contributed by atoms with E-state index in [-0.39, 0.29) is 0 Å². The largest absolute Gasteiger partial charge is 0.490 e. The SMILES string of the molecule is CCOc1cc(/C=N\NC(=O)C(=O)NCCCOC)ccc1OCc1ccc(C)cc1. The number of hydrogen-bond acceptors (Lipinski definition) is 6. The number of aryl methyl sites for hydroxylation is 1. The second-order valence-electron chi connectivity index (χ2n) is 6.71. The Morgan fingerprint density at radius 3 is 2.52 bits per heavy atom. The number of methoxy groups -OCH3 is 1. The molecule has 166 valence electrons. The van der Waals surface area contributed by atoms with Crippen molar-refractivity contribution in [1.29, 1.82) is 0 Å².